The Morgan fingerprint density at radius 1 is 1.10 bits per heavy atom. The van der Waals surface area contributed by atoms with E-state index >= 15 is 0 Å². The summed E-state index contributed by atoms with van der Waals surface area (Å²) >= 11 is 3.50. The van der Waals surface area contributed by atoms with Crippen molar-refractivity contribution in [2.75, 3.05) is 44.9 Å². The smallest absolute Gasteiger partial charge is 0.329 e. The van der Waals surface area contributed by atoms with Crippen molar-refractivity contribution < 1.29 is 19.2 Å². The SMILES string of the molecule is COc1ccccc1N1CC[NH+](CN2C(=O)N[C@@](C)(c3ccccc3Br)C2=O)CC1. The second-order valence-corrected chi connectivity index (χ2v) is 8.69. The van der Waals surface area contributed by atoms with E-state index < -0.39 is 5.54 Å². The third-order valence-electron chi connectivity index (χ3n) is 5.97. The maximum absolute atomic E-state index is 13.2. The zero-order chi connectivity index (χ0) is 21.3. The maximum atomic E-state index is 13.2. The largest absolute Gasteiger partial charge is 0.495 e. The fourth-order valence-electron chi connectivity index (χ4n) is 4.23. The predicted molar refractivity (Wildman–Crippen MR) is 118 cm³/mol. The Bertz CT molecular complexity index is 961. The number of carbonyl (C=O) groups excluding carboxylic acids is 2. The van der Waals surface area contributed by atoms with Crippen LogP contribution in [0.1, 0.15) is 12.5 Å². The van der Waals surface area contributed by atoms with Gasteiger partial charge in [0.1, 0.15) is 11.3 Å². The molecular formula is C22H26BrN4O3+. The summed E-state index contributed by atoms with van der Waals surface area (Å²) in [5.74, 6) is 0.651. The first-order chi connectivity index (χ1) is 14.4. The standard InChI is InChI=1S/C22H25BrN4O3/c1-22(16-7-3-4-8-17(16)23)20(28)27(21(29)24-22)15-25-11-13-26(14-12-25)18-9-5-6-10-19(18)30-2/h3-10H,11-15H2,1-2H3,(H,24,29)/p+1/t22-/m0/s1. The van der Waals surface area contributed by atoms with Crippen molar-refractivity contribution in [2.45, 2.75) is 12.5 Å². The van der Waals surface area contributed by atoms with Crippen molar-refractivity contribution in [3.63, 3.8) is 0 Å². The number of nitrogens with zero attached hydrogens (tertiary/aromatic N) is 2. The zero-order valence-electron chi connectivity index (χ0n) is 17.2. The molecule has 7 nitrogen and oxygen atoms in total. The molecule has 4 rings (SSSR count). The average molecular weight is 474 g/mol. The second kappa shape index (κ2) is 8.28. The highest BCUT2D eigenvalue weighted by Gasteiger charge is 2.51. The van der Waals surface area contributed by atoms with Crippen LogP contribution >= 0.6 is 15.9 Å². The summed E-state index contributed by atoms with van der Waals surface area (Å²) in [6.07, 6.45) is 0. The van der Waals surface area contributed by atoms with E-state index in [1.54, 1.807) is 14.0 Å². The van der Waals surface area contributed by atoms with E-state index in [1.165, 1.54) is 9.80 Å². The molecule has 1 atom stereocenters. The lowest BCUT2D eigenvalue weighted by Crippen LogP contribution is -3.16. The number of urea groups is 1. The summed E-state index contributed by atoms with van der Waals surface area (Å²) < 4.78 is 6.28. The number of para-hydroxylation sites is 2. The van der Waals surface area contributed by atoms with E-state index in [-0.39, 0.29) is 11.9 Å². The molecule has 3 amide bonds. The molecule has 0 aliphatic carbocycles. The van der Waals surface area contributed by atoms with Gasteiger partial charge in [-0.25, -0.2) is 9.69 Å². The van der Waals surface area contributed by atoms with E-state index in [2.05, 4.69) is 32.2 Å². The number of methoxy groups -OCH3 is 1. The van der Waals surface area contributed by atoms with Gasteiger partial charge in [0, 0.05) is 10.0 Å². The first-order valence-corrected chi connectivity index (χ1v) is 10.8. The molecule has 8 heteroatoms. The molecular weight excluding hydrogens is 448 g/mol. The number of anilines is 1. The summed E-state index contributed by atoms with van der Waals surface area (Å²) in [4.78, 5) is 30.7. The Morgan fingerprint density at radius 3 is 2.47 bits per heavy atom. The molecule has 2 N–H and O–H groups in total. The topological polar surface area (TPSA) is 66.3 Å². The van der Waals surface area contributed by atoms with E-state index in [9.17, 15) is 9.59 Å². The van der Waals surface area contributed by atoms with Gasteiger partial charge in [-0.3, -0.25) is 4.79 Å². The molecule has 0 unspecified atom stereocenters. The van der Waals surface area contributed by atoms with Gasteiger partial charge in [0.05, 0.1) is 39.0 Å². The number of rotatable bonds is 5. The molecule has 30 heavy (non-hydrogen) atoms. The van der Waals surface area contributed by atoms with Gasteiger partial charge in [0.15, 0.2) is 6.67 Å². The van der Waals surface area contributed by atoms with Crippen LogP contribution in [0.3, 0.4) is 0 Å². The fraction of sp³-hybridized carbons (Fsp3) is 0.364. The highest BCUT2D eigenvalue weighted by Crippen LogP contribution is 2.33. The van der Waals surface area contributed by atoms with Crippen LogP contribution in [0.4, 0.5) is 10.5 Å². The maximum Gasteiger partial charge on any atom is 0.329 e. The molecule has 0 spiro atoms. The van der Waals surface area contributed by atoms with Gasteiger partial charge in [0.2, 0.25) is 0 Å². The zero-order valence-corrected chi connectivity index (χ0v) is 18.7. The van der Waals surface area contributed by atoms with Crippen LogP contribution in [-0.2, 0) is 10.3 Å². The number of nitrogens with one attached hydrogen (secondary N) is 2. The molecule has 0 bridgehead atoms. The average Bonchev–Trinajstić information content (AvgIpc) is 2.98. The van der Waals surface area contributed by atoms with Crippen molar-refractivity contribution >= 4 is 33.6 Å². The number of quaternary nitrogens is 1. The van der Waals surface area contributed by atoms with E-state index in [0.29, 0.717) is 6.67 Å². The molecule has 2 fully saturated rings. The van der Waals surface area contributed by atoms with Crippen LogP contribution in [0.25, 0.3) is 0 Å². The minimum Gasteiger partial charge on any atom is -0.495 e. The van der Waals surface area contributed by atoms with Crippen molar-refractivity contribution in [3.05, 3.63) is 58.6 Å². The molecule has 0 saturated carbocycles. The number of carbonyl (C=O) groups is 2. The normalized spacial score (nSPS) is 22.4. The Labute approximate surface area is 184 Å². The van der Waals surface area contributed by atoms with E-state index in [1.807, 2.05) is 42.5 Å². The minimum atomic E-state index is -1.06. The third kappa shape index (κ3) is 3.65. The van der Waals surface area contributed by atoms with Gasteiger partial charge in [-0.15, -0.1) is 0 Å². The molecule has 2 aliphatic rings. The van der Waals surface area contributed by atoms with Gasteiger partial charge in [-0.05, 0) is 25.1 Å². The van der Waals surface area contributed by atoms with Crippen LogP contribution in [0, 0.1) is 0 Å². The van der Waals surface area contributed by atoms with Crippen LogP contribution < -0.4 is 19.9 Å². The molecule has 0 radical (unpaired) electrons. The molecule has 2 saturated heterocycles. The molecule has 2 aliphatic heterocycles. The number of hydrogen-bond donors (Lipinski definition) is 2. The van der Waals surface area contributed by atoms with Crippen molar-refractivity contribution in [3.8, 4) is 5.75 Å². The van der Waals surface area contributed by atoms with Gasteiger partial charge < -0.3 is 19.9 Å². The molecule has 2 aromatic carbocycles. The summed E-state index contributed by atoms with van der Waals surface area (Å²) in [6.45, 7) is 5.47. The summed E-state index contributed by atoms with van der Waals surface area (Å²) in [7, 11) is 1.68. The Balaban J connectivity index is 1.43. The lowest BCUT2D eigenvalue weighted by molar-refractivity contribution is -0.907. The van der Waals surface area contributed by atoms with Crippen LogP contribution in [0.15, 0.2) is 53.0 Å². The van der Waals surface area contributed by atoms with Crippen LogP contribution in [-0.4, -0.2) is 56.8 Å². The number of benzene rings is 2. The Morgan fingerprint density at radius 2 is 1.77 bits per heavy atom. The lowest BCUT2D eigenvalue weighted by atomic mass is 9.92. The second-order valence-electron chi connectivity index (χ2n) is 7.84. The first-order valence-electron chi connectivity index (χ1n) is 10.0. The Kier molecular flexibility index (Phi) is 5.71. The number of amides is 3. The third-order valence-corrected chi connectivity index (χ3v) is 6.66. The van der Waals surface area contributed by atoms with E-state index in [0.717, 1.165) is 47.7 Å². The van der Waals surface area contributed by atoms with Crippen LogP contribution in [0.2, 0.25) is 0 Å². The minimum absolute atomic E-state index is 0.209. The highest BCUT2D eigenvalue weighted by atomic mass is 79.9. The number of halogens is 1. The van der Waals surface area contributed by atoms with Crippen molar-refractivity contribution in [1.29, 1.82) is 0 Å². The van der Waals surface area contributed by atoms with E-state index in [4.69, 9.17) is 4.74 Å². The number of piperazine rings is 1. The lowest BCUT2D eigenvalue weighted by Gasteiger charge is -2.35. The van der Waals surface area contributed by atoms with Crippen molar-refractivity contribution in [2.24, 2.45) is 0 Å². The van der Waals surface area contributed by atoms with Gasteiger partial charge >= 0.3 is 6.03 Å². The summed E-state index contributed by atoms with van der Waals surface area (Å²) in [5, 5.41) is 2.89. The molecule has 0 aromatic heterocycles. The highest BCUT2D eigenvalue weighted by molar-refractivity contribution is 9.10. The monoisotopic (exact) mass is 473 g/mol. The quantitative estimate of drug-likeness (QED) is 0.647. The number of imide groups is 1. The van der Waals surface area contributed by atoms with Gasteiger partial charge in [-0.1, -0.05) is 46.3 Å². The van der Waals surface area contributed by atoms with Gasteiger partial charge in [-0.2, -0.15) is 0 Å². The molecule has 158 valence electrons. The van der Waals surface area contributed by atoms with Crippen LogP contribution in [0.5, 0.6) is 5.75 Å². The first kappa shape index (κ1) is 20.7. The molecule has 2 heterocycles. The summed E-state index contributed by atoms with van der Waals surface area (Å²) in [6, 6.07) is 15.2. The molecule has 2 aromatic rings. The van der Waals surface area contributed by atoms with Crippen molar-refractivity contribution in [1.82, 2.24) is 10.2 Å². The summed E-state index contributed by atoms with van der Waals surface area (Å²) in [5.41, 5.74) is 0.785. The Hall–Kier alpha value is -2.58. The van der Waals surface area contributed by atoms with Gasteiger partial charge in [0.25, 0.3) is 5.91 Å². The fourth-order valence-corrected chi connectivity index (χ4v) is 4.91. The number of hydrogen-bond acceptors (Lipinski definition) is 4. The predicted octanol–water partition coefficient (Wildman–Crippen LogP) is 1.59. The number of ether oxygens (including phenoxy) is 1.